The summed E-state index contributed by atoms with van der Waals surface area (Å²) in [4.78, 5) is 9.35. The average molecular weight is 432 g/mol. The van der Waals surface area contributed by atoms with Crippen LogP contribution in [-0.2, 0) is 0 Å². The number of rotatable bonds is 0. The van der Waals surface area contributed by atoms with Gasteiger partial charge in [-0.2, -0.15) is 0 Å². The number of aliphatic hydroxyl groups is 1. The third-order valence-electron chi connectivity index (χ3n) is 4.46. The van der Waals surface area contributed by atoms with Crippen LogP contribution >= 0.6 is 27.5 Å². The predicted octanol–water partition coefficient (Wildman–Crippen LogP) is 4.36. The first-order valence-electron chi connectivity index (χ1n) is 7.89. The van der Waals surface area contributed by atoms with Gasteiger partial charge in [0.05, 0.1) is 11.0 Å². The summed E-state index contributed by atoms with van der Waals surface area (Å²) >= 11 is 9.56. The Morgan fingerprint density at radius 1 is 1.19 bits per heavy atom. The van der Waals surface area contributed by atoms with Gasteiger partial charge in [0.25, 0.3) is 0 Å². The highest BCUT2D eigenvalue weighted by atomic mass is 79.9. The third kappa shape index (κ3) is 2.28. The van der Waals surface area contributed by atoms with Gasteiger partial charge in [0.1, 0.15) is 11.8 Å². The molecular weight excluding hydrogens is 420 g/mol. The van der Waals surface area contributed by atoms with E-state index in [0.717, 1.165) is 10.0 Å². The molecule has 1 unspecified atom stereocenters. The molecule has 2 aromatic carbocycles. The molecule has 1 atom stereocenters. The molecule has 8 heteroatoms. The minimum atomic E-state index is -0.459. The Bertz CT molecular complexity index is 1120. The zero-order valence-corrected chi connectivity index (χ0v) is 15.8. The standard InChI is InChI=1S/C18H12BrClN4O2/c1-24-18-15(21-12-7-9(20)3-4-11(12)22-18)17-16(25)14(23-24)10-6-8(19)2-5-13(10)26-17/h2-7,14,23,25H,1H3. The van der Waals surface area contributed by atoms with E-state index >= 15 is 0 Å². The van der Waals surface area contributed by atoms with Gasteiger partial charge in [0, 0.05) is 22.1 Å². The van der Waals surface area contributed by atoms with Gasteiger partial charge in [-0.25, -0.2) is 15.4 Å². The number of fused-ring (bicyclic) bond motifs is 6. The van der Waals surface area contributed by atoms with Crippen LogP contribution in [0, 0.1) is 0 Å². The molecule has 3 heterocycles. The topological polar surface area (TPSA) is 70.5 Å². The molecule has 2 aliphatic rings. The molecule has 0 saturated heterocycles. The van der Waals surface area contributed by atoms with E-state index in [1.807, 2.05) is 31.3 Å². The van der Waals surface area contributed by atoms with Crippen molar-refractivity contribution < 1.29 is 9.84 Å². The molecule has 0 amide bonds. The molecule has 2 N–H and O–H groups in total. The second kappa shape index (κ2) is 5.57. The number of anilines is 1. The van der Waals surface area contributed by atoms with Crippen LogP contribution in [-0.4, -0.2) is 22.1 Å². The molecule has 0 radical (unpaired) electrons. The van der Waals surface area contributed by atoms with E-state index < -0.39 is 6.04 Å². The fourth-order valence-corrected chi connectivity index (χ4v) is 3.78. The first-order chi connectivity index (χ1) is 12.5. The second-order valence-corrected chi connectivity index (χ2v) is 7.50. The van der Waals surface area contributed by atoms with E-state index in [1.165, 1.54) is 0 Å². The molecule has 2 aliphatic heterocycles. The number of hydrogen-bond donors (Lipinski definition) is 2. The molecule has 3 aromatic rings. The van der Waals surface area contributed by atoms with E-state index in [0.29, 0.717) is 39.1 Å². The maximum atomic E-state index is 10.9. The quantitative estimate of drug-likeness (QED) is 0.551. The number of halogens is 2. The van der Waals surface area contributed by atoms with Crippen molar-refractivity contribution in [2.75, 3.05) is 12.1 Å². The largest absolute Gasteiger partial charge is 0.506 e. The van der Waals surface area contributed by atoms with Crippen LogP contribution in [0.1, 0.15) is 17.3 Å². The summed E-state index contributed by atoms with van der Waals surface area (Å²) in [6.07, 6.45) is 0. The monoisotopic (exact) mass is 430 g/mol. The summed E-state index contributed by atoms with van der Waals surface area (Å²) in [6, 6.07) is 10.5. The van der Waals surface area contributed by atoms with Crippen LogP contribution in [0.15, 0.2) is 46.6 Å². The van der Waals surface area contributed by atoms with E-state index in [-0.39, 0.29) is 5.76 Å². The molecule has 26 heavy (non-hydrogen) atoms. The van der Waals surface area contributed by atoms with Crippen molar-refractivity contribution in [3.8, 4) is 5.75 Å². The van der Waals surface area contributed by atoms with Gasteiger partial charge in [-0.1, -0.05) is 27.5 Å². The molecule has 1 aromatic heterocycles. The fourth-order valence-electron chi connectivity index (χ4n) is 3.24. The number of nitrogens with one attached hydrogen (secondary N) is 1. The lowest BCUT2D eigenvalue weighted by molar-refractivity contribution is 0.309. The van der Waals surface area contributed by atoms with E-state index in [9.17, 15) is 5.11 Å². The van der Waals surface area contributed by atoms with Crippen molar-refractivity contribution in [1.82, 2.24) is 15.4 Å². The van der Waals surface area contributed by atoms with Crippen molar-refractivity contribution in [2.45, 2.75) is 6.04 Å². The van der Waals surface area contributed by atoms with E-state index in [1.54, 1.807) is 17.1 Å². The van der Waals surface area contributed by atoms with Crippen LogP contribution < -0.4 is 15.2 Å². The highest BCUT2D eigenvalue weighted by molar-refractivity contribution is 9.10. The normalized spacial score (nSPS) is 18.3. The summed E-state index contributed by atoms with van der Waals surface area (Å²) in [5.74, 6) is 1.59. The number of hydrazine groups is 1. The summed E-state index contributed by atoms with van der Waals surface area (Å²) < 4.78 is 6.91. The van der Waals surface area contributed by atoms with Crippen molar-refractivity contribution >= 4 is 50.1 Å². The number of ether oxygens (including phenoxy) is 1. The molecule has 0 fully saturated rings. The summed E-state index contributed by atoms with van der Waals surface area (Å²) in [6.45, 7) is 0. The summed E-state index contributed by atoms with van der Waals surface area (Å²) in [5, 5.41) is 13.2. The van der Waals surface area contributed by atoms with Gasteiger partial charge < -0.3 is 9.84 Å². The maximum absolute atomic E-state index is 10.9. The molecule has 6 nitrogen and oxygen atoms in total. The van der Waals surface area contributed by atoms with Crippen molar-refractivity contribution in [2.24, 2.45) is 0 Å². The lowest BCUT2D eigenvalue weighted by Crippen LogP contribution is -2.38. The Morgan fingerprint density at radius 3 is 2.88 bits per heavy atom. The van der Waals surface area contributed by atoms with Gasteiger partial charge in [-0.3, -0.25) is 5.01 Å². The molecular formula is C18H12BrClN4O2. The minimum Gasteiger partial charge on any atom is -0.506 e. The average Bonchev–Trinajstić information content (AvgIpc) is 2.68. The smallest absolute Gasteiger partial charge is 0.196 e. The van der Waals surface area contributed by atoms with Gasteiger partial charge in [0.2, 0.25) is 0 Å². The highest BCUT2D eigenvalue weighted by Crippen LogP contribution is 2.44. The highest BCUT2D eigenvalue weighted by Gasteiger charge is 2.37. The fraction of sp³-hybridized carbons (Fsp3) is 0.111. The van der Waals surface area contributed by atoms with Crippen LogP contribution in [0.5, 0.6) is 5.75 Å². The van der Waals surface area contributed by atoms with Crippen molar-refractivity contribution in [3.63, 3.8) is 0 Å². The van der Waals surface area contributed by atoms with Crippen molar-refractivity contribution in [3.05, 3.63) is 62.9 Å². The lowest BCUT2D eigenvalue weighted by Gasteiger charge is -2.27. The van der Waals surface area contributed by atoms with E-state index in [2.05, 4.69) is 31.3 Å². The van der Waals surface area contributed by atoms with Crippen molar-refractivity contribution in [1.29, 1.82) is 0 Å². The molecule has 0 saturated carbocycles. The molecule has 2 bridgehead atoms. The van der Waals surface area contributed by atoms with Crippen LogP contribution in [0.25, 0.3) is 16.8 Å². The minimum absolute atomic E-state index is 0.0666. The van der Waals surface area contributed by atoms with Crippen LogP contribution in [0.3, 0.4) is 0 Å². The van der Waals surface area contributed by atoms with Gasteiger partial charge in [-0.15, -0.1) is 0 Å². The lowest BCUT2D eigenvalue weighted by atomic mass is 10.0. The van der Waals surface area contributed by atoms with E-state index in [4.69, 9.17) is 16.3 Å². The number of benzene rings is 2. The third-order valence-corrected chi connectivity index (χ3v) is 5.19. The van der Waals surface area contributed by atoms with Gasteiger partial charge in [0.15, 0.2) is 23.0 Å². The molecule has 130 valence electrons. The summed E-state index contributed by atoms with van der Waals surface area (Å²) in [7, 11) is 1.83. The number of nitrogens with zero attached hydrogens (tertiary/aromatic N) is 3. The first-order valence-corrected chi connectivity index (χ1v) is 9.06. The maximum Gasteiger partial charge on any atom is 0.196 e. The van der Waals surface area contributed by atoms with Gasteiger partial charge in [-0.05, 0) is 36.4 Å². The predicted molar refractivity (Wildman–Crippen MR) is 103 cm³/mol. The van der Waals surface area contributed by atoms with Crippen LogP contribution in [0.4, 0.5) is 5.82 Å². The Kier molecular flexibility index (Phi) is 3.40. The van der Waals surface area contributed by atoms with Gasteiger partial charge >= 0.3 is 0 Å². The molecule has 0 aliphatic carbocycles. The number of aromatic nitrogens is 2. The second-order valence-electron chi connectivity index (χ2n) is 6.15. The zero-order chi connectivity index (χ0) is 18.0. The molecule has 0 spiro atoms. The number of hydrogen-bond acceptors (Lipinski definition) is 6. The molecule has 5 rings (SSSR count). The Morgan fingerprint density at radius 2 is 2.04 bits per heavy atom. The Labute approximate surface area is 162 Å². The van der Waals surface area contributed by atoms with Crippen LogP contribution in [0.2, 0.25) is 5.02 Å². The first kappa shape index (κ1) is 15.9. The summed E-state index contributed by atoms with van der Waals surface area (Å²) in [5.41, 5.74) is 5.90. The SMILES string of the molecule is CN1NC2C(O)=C(Oc3ccc(Br)cc32)c2nc3cc(Cl)ccc3nc21. The zero-order valence-electron chi connectivity index (χ0n) is 13.5. The Hall–Kier alpha value is -2.35. The Balaban J connectivity index is 1.77. The number of aliphatic hydroxyl groups excluding tert-OH is 1.